The number of benzene rings is 7. The van der Waals surface area contributed by atoms with Crippen molar-refractivity contribution in [3.05, 3.63) is 187 Å². The summed E-state index contributed by atoms with van der Waals surface area (Å²) in [4.78, 5) is 11.6. The number of para-hydroxylation sites is 1. The van der Waals surface area contributed by atoms with E-state index in [0.717, 1.165) is 22.3 Å². The molecule has 4 heteroatoms. The number of fused-ring (bicyclic) bond motifs is 9. The van der Waals surface area contributed by atoms with Crippen molar-refractivity contribution in [1.82, 2.24) is 14.5 Å². The van der Waals surface area contributed by atoms with Gasteiger partial charge in [0.15, 0.2) is 0 Å². The molecule has 0 radical (unpaired) electrons. The van der Waals surface area contributed by atoms with Crippen molar-refractivity contribution in [2.45, 2.75) is 19.3 Å². The topological polar surface area (TPSA) is 30.7 Å². The fraction of sp³-hybridized carbons (Fsp3) is 0.0612. The molecule has 7 aromatic carbocycles. The van der Waals surface area contributed by atoms with Crippen molar-refractivity contribution in [1.29, 1.82) is 0 Å². The Morgan fingerprint density at radius 3 is 1.83 bits per heavy atom. The van der Waals surface area contributed by atoms with Crippen LogP contribution in [0.3, 0.4) is 0 Å². The molecule has 0 N–H and O–H groups in total. The van der Waals surface area contributed by atoms with Gasteiger partial charge in [0, 0.05) is 0 Å². The van der Waals surface area contributed by atoms with Crippen LogP contribution in [0.25, 0.3) is 61.3 Å². The fourth-order valence-electron chi connectivity index (χ4n) is 9.54. The first-order valence-corrected chi connectivity index (χ1v) is 22.6. The van der Waals surface area contributed by atoms with Gasteiger partial charge in [-0.05, 0) is 0 Å². The Hall–Kier alpha value is -6.04. The third-order valence-electron chi connectivity index (χ3n) is 11.9. The minimum atomic E-state index is -3.70. The molecule has 11 rings (SSSR count). The molecule has 2 aromatic heterocycles. The number of hydrogen-bond acceptors (Lipinski definition) is 2. The Labute approximate surface area is 311 Å². The molecular weight excluding hydrogens is 703 g/mol. The van der Waals surface area contributed by atoms with Crippen molar-refractivity contribution >= 4 is 52.8 Å². The van der Waals surface area contributed by atoms with Gasteiger partial charge in [0.1, 0.15) is 0 Å². The predicted molar refractivity (Wildman–Crippen MR) is 222 cm³/mol. The van der Waals surface area contributed by atoms with E-state index in [-0.39, 0.29) is 5.41 Å². The molecule has 0 unspecified atom stereocenters. The van der Waals surface area contributed by atoms with Crippen LogP contribution in [0.4, 0.5) is 0 Å². The minimum absolute atomic E-state index is 0.0990. The van der Waals surface area contributed by atoms with Crippen molar-refractivity contribution < 1.29 is 0 Å². The molecule has 0 spiro atoms. The van der Waals surface area contributed by atoms with E-state index in [9.17, 15) is 0 Å². The molecule has 2 aliphatic rings. The van der Waals surface area contributed by atoms with Crippen LogP contribution in [-0.2, 0) is 5.41 Å². The van der Waals surface area contributed by atoms with Crippen molar-refractivity contribution in [3.8, 4) is 39.5 Å². The number of hydrogen-bond donors (Lipinski definition) is 0. The summed E-state index contributed by atoms with van der Waals surface area (Å²) in [7, 11) is 0. The zero-order valence-electron chi connectivity index (χ0n) is 29.6. The first kappa shape index (κ1) is 30.6. The van der Waals surface area contributed by atoms with Crippen LogP contribution in [0, 0.1) is 0 Å². The summed E-state index contributed by atoms with van der Waals surface area (Å²) >= 11 is -3.70. The molecule has 1 aliphatic carbocycles. The Morgan fingerprint density at radius 2 is 1.09 bits per heavy atom. The van der Waals surface area contributed by atoms with Gasteiger partial charge < -0.3 is 0 Å². The molecule has 0 saturated heterocycles. The first-order chi connectivity index (χ1) is 26.1. The van der Waals surface area contributed by atoms with E-state index in [1.807, 2.05) is 0 Å². The second kappa shape index (κ2) is 11.2. The molecular formula is C49H35GeN3. The first-order valence-electron chi connectivity index (χ1n) is 18.4. The number of aromatic nitrogens is 3. The van der Waals surface area contributed by atoms with Crippen LogP contribution in [-0.4, -0.2) is 27.8 Å². The van der Waals surface area contributed by atoms with E-state index in [4.69, 9.17) is 9.97 Å². The molecule has 0 bridgehead atoms. The van der Waals surface area contributed by atoms with E-state index >= 15 is 0 Å². The van der Waals surface area contributed by atoms with Crippen LogP contribution in [0.1, 0.15) is 25.0 Å². The van der Waals surface area contributed by atoms with Gasteiger partial charge >= 0.3 is 313 Å². The quantitative estimate of drug-likeness (QED) is 0.169. The van der Waals surface area contributed by atoms with Crippen molar-refractivity contribution in [3.63, 3.8) is 0 Å². The van der Waals surface area contributed by atoms with Crippen LogP contribution in [0.15, 0.2) is 176 Å². The molecule has 0 amide bonds. The summed E-state index contributed by atoms with van der Waals surface area (Å²) in [5.74, 6) is 0.717. The SMILES string of the molecule is CC1(C)c2ccccc2-c2cc3c(cc21)c1ccccc1n3-c1nc(-c2ccccc2)c2[c](n1)[Ge]([c]1ccccc1)([c]1ccccc1)[c]1ccccc1-2. The van der Waals surface area contributed by atoms with E-state index in [2.05, 4.69) is 194 Å². The Balaban J connectivity index is 1.31. The van der Waals surface area contributed by atoms with Gasteiger partial charge in [-0.25, -0.2) is 0 Å². The average Bonchev–Trinajstić information content (AvgIpc) is 3.79. The van der Waals surface area contributed by atoms with Crippen LogP contribution >= 0.6 is 0 Å². The second-order valence-corrected chi connectivity index (χ2v) is 22.6. The molecule has 9 aromatic rings. The molecule has 0 fully saturated rings. The normalized spacial score (nSPS) is 14.5. The number of nitrogens with zero attached hydrogens (tertiary/aromatic N) is 3. The Kier molecular flexibility index (Phi) is 6.48. The van der Waals surface area contributed by atoms with E-state index < -0.39 is 13.3 Å². The summed E-state index contributed by atoms with van der Waals surface area (Å²) < 4.78 is 7.67. The van der Waals surface area contributed by atoms with Gasteiger partial charge in [0.2, 0.25) is 0 Å². The molecule has 53 heavy (non-hydrogen) atoms. The Bertz CT molecular complexity index is 2870. The zero-order valence-corrected chi connectivity index (χ0v) is 31.7. The summed E-state index contributed by atoms with van der Waals surface area (Å²) in [6.45, 7) is 4.71. The van der Waals surface area contributed by atoms with Gasteiger partial charge in [0.25, 0.3) is 0 Å². The summed E-state index contributed by atoms with van der Waals surface area (Å²) in [5, 5.41) is 2.44. The summed E-state index contributed by atoms with van der Waals surface area (Å²) in [6.07, 6.45) is 0. The summed E-state index contributed by atoms with van der Waals surface area (Å²) in [5.41, 5.74) is 12.0. The van der Waals surface area contributed by atoms with Gasteiger partial charge in [-0.3, -0.25) is 0 Å². The molecule has 0 saturated carbocycles. The third kappa shape index (κ3) is 4.11. The van der Waals surface area contributed by atoms with E-state index in [1.54, 1.807) is 0 Å². The molecule has 0 atom stereocenters. The van der Waals surface area contributed by atoms with E-state index in [1.165, 1.54) is 61.9 Å². The monoisotopic (exact) mass is 739 g/mol. The van der Waals surface area contributed by atoms with Gasteiger partial charge in [0.05, 0.1) is 0 Å². The van der Waals surface area contributed by atoms with Gasteiger partial charge in [-0.2, -0.15) is 0 Å². The zero-order chi connectivity index (χ0) is 35.3. The fourth-order valence-corrected chi connectivity index (χ4v) is 20.0. The molecule has 3 nitrogen and oxygen atoms in total. The maximum absolute atomic E-state index is 5.90. The molecule has 1 aliphatic heterocycles. The third-order valence-corrected chi connectivity index (χ3v) is 21.8. The van der Waals surface area contributed by atoms with Gasteiger partial charge in [-0.15, -0.1) is 0 Å². The number of rotatable bonds is 4. The molecule has 250 valence electrons. The van der Waals surface area contributed by atoms with E-state index in [0.29, 0.717) is 5.95 Å². The van der Waals surface area contributed by atoms with Crippen molar-refractivity contribution in [2.24, 2.45) is 0 Å². The predicted octanol–water partition coefficient (Wildman–Crippen LogP) is 8.90. The second-order valence-electron chi connectivity index (χ2n) is 14.9. The van der Waals surface area contributed by atoms with Gasteiger partial charge in [-0.1, -0.05) is 0 Å². The Morgan fingerprint density at radius 1 is 0.491 bits per heavy atom. The maximum atomic E-state index is 5.90. The van der Waals surface area contributed by atoms with Crippen molar-refractivity contribution in [2.75, 3.05) is 0 Å². The van der Waals surface area contributed by atoms with Crippen LogP contribution < -0.4 is 17.7 Å². The van der Waals surface area contributed by atoms with Crippen LogP contribution in [0.2, 0.25) is 0 Å². The average molecular weight is 738 g/mol. The molecule has 3 heterocycles. The summed E-state index contributed by atoms with van der Waals surface area (Å²) in [6, 6.07) is 64.7. The van der Waals surface area contributed by atoms with Crippen LogP contribution in [0.5, 0.6) is 0 Å². The standard InChI is InChI=1S/C49H35GeN3/c1-49(2)40-27-15-12-24-35(40)38-31-44-39(30-41(38)49)36-25-14-17-29-43(36)53(44)48-51-46(32-18-6-3-7-19-32)45-37-26-13-16-28-42(37)50(47(45)52-48,33-20-8-4-9-21-33)34-22-10-5-11-23-34/h3-31H,1-2H3.